The molecule has 0 spiro atoms. The first-order valence-electron chi connectivity index (χ1n) is 3.62. The average Bonchev–Trinajstić information content (AvgIpc) is 2.31. The Kier molecular flexibility index (Phi) is 2.91. The van der Waals surface area contributed by atoms with E-state index in [4.69, 9.17) is 10.5 Å². The molecule has 1 aromatic heterocycles. The highest BCUT2D eigenvalue weighted by atomic mass is 32.1. The molecule has 1 atom stereocenters. The molecular weight excluding hydrogens is 158 g/mol. The minimum absolute atomic E-state index is 0.109. The molecule has 3 heteroatoms. The molecule has 0 aromatic carbocycles. The van der Waals surface area contributed by atoms with E-state index in [1.807, 2.05) is 13.0 Å². The van der Waals surface area contributed by atoms with E-state index in [0.717, 1.165) is 5.06 Å². The Labute approximate surface area is 71.0 Å². The highest BCUT2D eigenvalue weighted by Gasteiger charge is 1.98. The Balaban J connectivity index is 2.39. The quantitative estimate of drug-likeness (QED) is 0.752. The van der Waals surface area contributed by atoms with Crippen LogP contribution in [0.4, 0.5) is 0 Å². The van der Waals surface area contributed by atoms with Crippen molar-refractivity contribution in [2.45, 2.75) is 19.9 Å². The molecule has 0 fully saturated rings. The van der Waals surface area contributed by atoms with Crippen molar-refractivity contribution >= 4 is 11.3 Å². The molecule has 0 amide bonds. The zero-order chi connectivity index (χ0) is 8.27. The molecule has 1 rings (SSSR count). The molecule has 2 N–H and O–H groups in total. The normalized spacial score (nSPS) is 13.0. The second-order valence-electron chi connectivity index (χ2n) is 2.73. The molecule has 0 aliphatic heterocycles. The van der Waals surface area contributed by atoms with Crippen molar-refractivity contribution in [1.82, 2.24) is 0 Å². The number of thiophene rings is 1. The van der Waals surface area contributed by atoms with Gasteiger partial charge in [-0.3, -0.25) is 0 Å². The Morgan fingerprint density at radius 2 is 2.45 bits per heavy atom. The van der Waals surface area contributed by atoms with Crippen molar-refractivity contribution in [3.05, 3.63) is 17.0 Å². The fraction of sp³-hybridized carbons (Fsp3) is 0.500. The van der Waals surface area contributed by atoms with Crippen LogP contribution in [0.25, 0.3) is 0 Å². The first-order chi connectivity index (χ1) is 5.18. The summed E-state index contributed by atoms with van der Waals surface area (Å²) in [5, 5.41) is 3.02. The van der Waals surface area contributed by atoms with E-state index in [2.05, 4.69) is 12.3 Å². The van der Waals surface area contributed by atoms with E-state index in [0.29, 0.717) is 6.61 Å². The number of rotatable bonds is 3. The van der Waals surface area contributed by atoms with Crippen LogP contribution in [0.5, 0.6) is 5.06 Å². The first kappa shape index (κ1) is 8.56. The lowest BCUT2D eigenvalue weighted by atomic mass is 10.4. The van der Waals surface area contributed by atoms with E-state index in [9.17, 15) is 0 Å². The van der Waals surface area contributed by atoms with Gasteiger partial charge in [-0.05, 0) is 30.9 Å². The highest BCUT2D eigenvalue weighted by molar-refractivity contribution is 7.11. The fourth-order valence-corrected chi connectivity index (χ4v) is 1.45. The molecular formula is C8H13NOS. The Morgan fingerprint density at radius 3 is 2.91 bits per heavy atom. The first-order valence-corrected chi connectivity index (χ1v) is 4.50. The standard InChI is InChI=1S/C8H13NOS/c1-6-3-8(11-5-6)10-4-7(2)9/h3,5,7H,4,9H2,1-2H3. The van der Waals surface area contributed by atoms with E-state index < -0.39 is 0 Å². The topological polar surface area (TPSA) is 35.2 Å². The molecule has 0 saturated carbocycles. The van der Waals surface area contributed by atoms with Gasteiger partial charge in [0.1, 0.15) is 6.61 Å². The zero-order valence-electron chi connectivity index (χ0n) is 6.83. The molecule has 0 aliphatic rings. The summed E-state index contributed by atoms with van der Waals surface area (Å²) in [6.07, 6.45) is 0. The van der Waals surface area contributed by atoms with Crippen LogP contribution in [0.3, 0.4) is 0 Å². The van der Waals surface area contributed by atoms with Gasteiger partial charge in [0.15, 0.2) is 5.06 Å². The van der Waals surface area contributed by atoms with Gasteiger partial charge < -0.3 is 10.5 Å². The second kappa shape index (κ2) is 3.74. The summed E-state index contributed by atoms with van der Waals surface area (Å²) in [4.78, 5) is 0. The van der Waals surface area contributed by atoms with Crippen LogP contribution in [0.1, 0.15) is 12.5 Å². The summed E-state index contributed by atoms with van der Waals surface area (Å²) in [6, 6.07) is 2.13. The molecule has 0 radical (unpaired) electrons. The van der Waals surface area contributed by atoms with E-state index in [1.165, 1.54) is 5.56 Å². The molecule has 62 valence electrons. The van der Waals surface area contributed by atoms with E-state index >= 15 is 0 Å². The number of hydrogen-bond acceptors (Lipinski definition) is 3. The molecule has 0 bridgehead atoms. The van der Waals surface area contributed by atoms with Crippen molar-refractivity contribution < 1.29 is 4.74 Å². The third-order valence-corrected chi connectivity index (χ3v) is 2.15. The second-order valence-corrected chi connectivity index (χ2v) is 3.61. The molecule has 1 aromatic rings. The van der Waals surface area contributed by atoms with Gasteiger partial charge >= 0.3 is 0 Å². The third kappa shape index (κ3) is 2.91. The van der Waals surface area contributed by atoms with Crippen LogP contribution < -0.4 is 10.5 Å². The Morgan fingerprint density at radius 1 is 1.73 bits per heavy atom. The molecule has 0 saturated heterocycles. The van der Waals surface area contributed by atoms with Crippen molar-refractivity contribution in [3.63, 3.8) is 0 Å². The van der Waals surface area contributed by atoms with Crippen molar-refractivity contribution in [3.8, 4) is 5.06 Å². The molecule has 11 heavy (non-hydrogen) atoms. The van der Waals surface area contributed by atoms with Crippen LogP contribution in [0.2, 0.25) is 0 Å². The molecule has 0 aliphatic carbocycles. The highest BCUT2D eigenvalue weighted by Crippen LogP contribution is 2.21. The van der Waals surface area contributed by atoms with Gasteiger partial charge in [-0.2, -0.15) is 0 Å². The minimum Gasteiger partial charge on any atom is -0.482 e. The zero-order valence-corrected chi connectivity index (χ0v) is 7.65. The van der Waals surface area contributed by atoms with Crippen molar-refractivity contribution in [1.29, 1.82) is 0 Å². The lowest BCUT2D eigenvalue weighted by Gasteiger charge is -2.04. The maximum absolute atomic E-state index is 5.53. The number of nitrogens with two attached hydrogens (primary N) is 1. The Bertz CT molecular complexity index is 220. The monoisotopic (exact) mass is 171 g/mol. The van der Waals surface area contributed by atoms with Crippen LogP contribution in [0.15, 0.2) is 11.4 Å². The number of aryl methyl sites for hydroxylation is 1. The Hall–Kier alpha value is -0.540. The summed E-state index contributed by atoms with van der Waals surface area (Å²) in [6.45, 7) is 4.58. The lowest BCUT2D eigenvalue weighted by Crippen LogP contribution is -2.23. The van der Waals surface area contributed by atoms with Gasteiger partial charge in [-0.15, -0.1) is 11.3 Å². The largest absolute Gasteiger partial charge is 0.482 e. The van der Waals surface area contributed by atoms with E-state index in [-0.39, 0.29) is 6.04 Å². The maximum Gasteiger partial charge on any atom is 0.174 e. The van der Waals surface area contributed by atoms with Gasteiger partial charge in [0, 0.05) is 6.04 Å². The summed E-state index contributed by atoms with van der Waals surface area (Å²) >= 11 is 1.61. The average molecular weight is 171 g/mol. The van der Waals surface area contributed by atoms with Gasteiger partial charge in [0.05, 0.1) is 0 Å². The predicted octanol–water partition coefficient (Wildman–Crippen LogP) is 1.78. The fourth-order valence-electron chi connectivity index (χ4n) is 0.694. The van der Waals surface area contributed by atoms with E-state index in [1.54, 1.807) is 11.3 Å². The van der Waals surface area contributed by atoms with Crippen LogP contribution in [0, 0.1) is 6.92 Å². The van der Waals surface area contributed by atoms with Crippen LogP contribution >= 0.6 is 11.3 Å². The van der Waals surface area contributed by atoms with Gasteiger partial charge in [-0.25, -0.2) is 0 Å². The third-order valence-electron chi connectivity index (χ3n) is 1.19. The lowest BCUT2D eigenvalue weighted by molar-refractivity contribution is 0.304. The summed E-state index contributed by atoms with van der Waals surface area (Å²) in [5.41, 5.74) is 6.77. The maximum atomic E-state index is 5.53. The summed E-state index contributed by atoms with van der Waals surface area (Å²) < 4.78 is 5.38. The van der Waals surface area contributed by atoms with Gasteiger partial charge in [0.25, 0.3) is 0 Å². The number of ether oxygens (including phenoxy) is 1. The smallest absolute Gasteiger partial charge is 0.174 e. The van der Waals surface area contributed by atoms with Gasteiger partial charge in [0.2, 0.25) is 0 Å². The van der Waals surface area contributed by atoms with Gasteiger partial charge in [-0.1, -0.05) is 0 Å². The SMILES string of the molecule is Cc1csc(OCC(C)N)c1. The van der Waals surface area contributed by atoms with Crippen LogP contribution in [-0.2, 0) is 0 Å². The van der Waals surface area contributed by atoms with Crippen LogP contribution in [-0.4, -0.2) is 12.6 Å². The number of hydrogen-bond donors (Lipinski definition) is 1. The van der Waals surface area contributed by atoms with Crippen molar-refractivity contribution in [2.75, 3.05) is 6.61 Å². The molecule has 1 unspecified atom stereocenters. The predicted molar refractivity (Wildman–Crippen MR) is 48.2 cm³/mol. The minimum atomic E-state index is 0.109. The molecule has 1 heterocycles. The summed E-state index contributed by atoms with van der Waals surface area (Å²) in [5.74, 6) is 0. The summed E-state index contributed by atoms with van der Waals surface area (Å²) in [7, 11) is 0. The molecule has 2 nitrogen and oxygen atoms in total. The van der Waals surface area contributed by atoms with Crippen molar-refractivity contribution in [2.24, 2.45) is 5.73 Å².